The summed E-state index contributed by atoms with van der Waals surface area (Å²) >= 11 is 0. The molecular weight excluding hydrogens is 361 g/mol. The van der Waals surface area contributed by atoms with Crippen molar-refractivity contribution in [2.24, 2.45) is 0 Å². The second kappa shape index (κ2) is 7.66. The van der Waals surface area contributed by atoms with Crippen LogP contribution in [0.3, 0.4) is 0 Å². The summed E-state index contributed by atoms with van der Waals surface area (Å²) in [5.41, 5.74) is 3.06. The van der Waals surface area contributed by atoms with Crippen molar-refractivity contribution in [2.45, 2.75) is 19.8 Å². The summed E-state index contributed by atoms with van der Waals surface area (Å²) in [6, 6.07) is 15.1. The van der Waals surface area contributed by atoms with E-state index in [0.717, 1.165) is 11.3 Å². The Morgan fingerprint density at radius 3 is 2.86 bits per heavy atom. The highest BCUT2D eigenvalue weighted by Gasteiger charge is 2.25. The number of pyridine rings is 1. The fourth-order valence-corrected chi connectivity index (χ4v) is 3.09. The van der Waals surface area contributed by atoms with Gasteiger partial charge in [-0.15, -0.1) is 0 Å². The maximum atomic E-state index is 13.7. The van der Waals surface area contributed by atoms with Crippen molar-refractivity contribution >= 4 is 17.4 Å². The lowest BCUT2D eigenvalue weighted by Gasteiger charge is -2.30. The number of carbonyl (C=O) groups is 1. The summed E-state index contributed by atoms with van der Waals surface area (Å²) in [6.45, 7) is 0.100. The molecule has 3 aromatic rings. The molecule has 0 atom stereocenters. The van der Waals surface area contributed by atoms with Gasteiger partial charge >= 0.3 is 6.03 Å². The Hall–Kier alpha value is -3.45. The van der Waals surface area contributed by atoms with Gasteiger partial charge in [0, 0.05) is 23.5 Å². The zero-order chi connectivity index (χ0) is 19.5. The highest BCUT2D eigenvalue weighted by Crippen LogP contribution is 2.32. The lowest BCUT2D eigenvalue weighted by molar-refractivity contribution is 0.255. The van der Waals surface area contributed by atoms with Gasteiger partial charge in [-0.05, 0) is 29.8 Å². The Morgan fingerprint density at radius 1 is 1.18 bits per heavy atom. The Kier molecular flexibility index (Phi) is 4.90. The number of aliphatic hydroxyl groups is 1. The van der Waals surface area contributed by atoms with Gasteiger partial charge in [-0.25, -0.2) is 9.18 Å². The number of halogens is 1. The van der Waals surface area contributed by atoms with Crippen molar-refractivity contribution in [1.29, 1.82) is 0 Å². The first-order valence-corrected chi connectivity index (χ1v) is 8.78. The van der Waals surface area contributed by atoms with Gasteiger partial charge in [0.15, 0.2) is 0 Å². The van der Waals surface area contributed by atoms with Gasteiger partial charge in [-0.1, -0.05) is 24.3 Å². The number of carbonyl (C=O) groups excluding carboxylic acids is 1. The number of benzene rings is 2. The van der Waals surface area contributed by atoms with Gasteiger partial charge in [0.25, 0.3) is 0 Å². The molecule has 2 heterocycles. The molecule has 6 nitrogen and oxygen atoms in total. The van der Waals surface area contributed by atoms with Crippen molar-refractivity contribution in [3.05, 3.63) is 83.4 Å². The monoisotopic (exact) mass is 379 g/mol. The maximum Gasteiger partial charge on any atom is 0.326 e. The second-order valence-corrected chi connectivity index (χ2v) is 6.34. The average Bonchev–Trinajstić information content (AvgIpc) is 2.72. The Bertz CT molecular complexity index is 1030. The third kappa shape index (κ3) is 3.52. The third-order valence-corrected chi connectivity index (χ3v) is 4.56. The van der Waals surface area contributed by atoms with Crippen molar-refractivity contribution < 1.29 is 19.0 Å². The molecule has 0 unspecified atom stereocenters. The van der Waals surface area contributed by atoms with Gasteiger partial charge in [-0.2, -0.15) is 0 Å². The topological polar surface area (TPSA) is 74.7 Å². The number of ether oxygens (including phenoxy) is 1. The number of anilines is 2. The highest BCUT2D eigenvalue weighted by molar-refractivity contribution is 6.04. The highest BCUT2D eigenvalue weighted by atomic mass is 19.1. The summed E-state index contributed by atoms with van der Waals surface area (Å²) in [5.74, 6) is 0.00521. The number of nitrogens with zero attached hydrogens (tertiary/aromatic N) is 2. The largest absolute Gasteiger partial charge is 0.487 e. The van der Waals surface area contributed by atoms with Gasteiger partial charge in [0.2, 0.25) is 0 Å². The summed E-state index contributed by atoms with van der Waals surface area (Å²) in [5, 5.41) is 12.6. The molecule has 0 radical (unpaired) electrons. The summed E-state index contributed by atoms with van der Waals surface area (Å²) in [7, 11) is 0. The number of hydrogen-bond donors (Lipinski definition) is 2. The molecule has 1 aliphatic heterocycles. The minimum atomic E-state index is -0.443. The van der Waals surface area contributed by atoms with Crippen LogP contribution < -0.4 is 15.0 Å². The molecule has 0 bridgehead atoms. The van der Waals surface area contributed by atoms with Gasteiger partial charge in [-0.3, -0.25) is 9.88 Å². The first kappa shape index (κ1) is 17.9. The quantitative estimate of drug-likeness (QED) is 0.706. The number of aliphatic hydroxyl groups excluding tert-OH is 1. The molecule has 1 aromatic heterocycles. The Labute approximate surface area is 161 Å². The van der Waals surface area contributed by atoms with E-state index in [1.54, 1.807) is 23.1 Å². The van der Waals surface area contributed by atoms with Crippen molar-refractivity contribution in [2.75, 3.05) is 10.2 Å². The van der Waals surface area contributed by atoms with Gasteiger partial charge in [0.05, 0.1) is 18.8 Å². The van der Waals surface area contributed by atoms with E-state index in [0.29, 0.717) is 23.5 Å². The fourth-order valence-electron chi connectivity index (χ4n) is 3.09. The van der Waals surface area contributed by atoms with Crippen molar-refractivity contribution in [1.82, 2.24) is 4.98 Å². The van der Waals surface area contributed by atoms with Crippen LogP contribution in [0, 0.1) is 5.82 Å². The smallest absolute Gasteiger partial charge is 0.326 e. The molecule has 7 heteroatoms. The van der Waals surface area contributed by atoms with E-state index < -0.39 is 5.82 Å². The lowest BCUT2D eigenvalue weighted by Crippen LogP contribution is -2.39. The number of nitrogens with one attached hydrogen (secondary N) is 1. The lowest BCUT2D eigenvalue weighted by atomic mass is 10.1. The van der Waals surface area contributed by atoms with E-state index in [1.165, 1.54) is 18.3 Å². The van der Waals surface area contributed by atoms with Crippen LogP contribution in [0.15, 0.2) is 60.8 Å². The number of para-hydroxylation sites is 1. The molecular formula is C21H18FN3O3. The van der Waals surface area contributed by atoms with Gasteiger partial charge in [0.1, 0.15) is 23.9 Å². The number of urea groups is 1. The summed E-state index contributed by atoms with van der Waals surface area (Å²) in [6.07, 6.45) is 1.50. The molecule has 0 saturated carbocycles. The van der Waals surface area contributed by atoms with E-state index >= 15 is 0 Å². The minimum Gasteiger partial charge on any atom is -0.487 e. The number of amides is 2. The van der Waals surface area contributed by atoms with Crippen LogP contribution in [0.4, 0.5) is 20.6 Å². The molecule has 0 saturated heterocycles. The van der Waals surface area contributed by atoms with E-state index in [1.807, 2.05) is 24.3 Å². The Morgan fingerprint density at radius 2 is 2.04 bits per heavy atom. The average molecular weight is 379 g/mol. The van der Waals surface area contributed by atoms with Crippen LogP contribution in [-0.2, 0) is 19.8 Å². The van der Waals surface area contributed by atoms with Crippen LogP contribution in [-0.4, -0.2) is 16.1 Å². The number of rotatable bonds is 5. The van der Waals surface area contributed by atoms with Gasteiger partial charge < -0.3 is 15.2 Å². The standard InChI is InChI=1S/C21H18FN3O3/c22-17-5-3-9-23-19(17)13-28-16-8-7-15(12-26)20(10-16)25-11-14-4-1-2-6-18(14)24-21(25)27/h1-10,26H,11-13H2,(H,24,27). The van der Waals surface area contributed by atoms with Crippen molar-refractivity contribution in [3.8, 4) is 5.75 Å². The maximum absolute atomic E-state index is 13.7. The van der Waals surface area contributed by atoms with Crippen LogP contribution in [0.25, 0.3) is 0 Å². The molecule has 0 fully saturated rings. The van der Waals surface area contributed by atoms with E-state index in [-0.39, 0.29) is 24.9 Å². The van der Waals surface area contributed by atoms with Crippen LogP contribution in [0.1, 0.15) is 16.8 Å². The third-order valence-electron chi connectivity index (χ3n) is 4.56. The van der Waals surface area contributed by atoms with E-state index in [2.05, 4.69) is 10.3 Å². The molecule has 28 heavy (non-hydrogen) atoms. The van der Waals surface area contributed by atoms with E-state index in [4.69, 9.17) is 4.74 Å². The molecule has 142 valence electrons. The Balaban J connectivity index is 1.61. The molecule has 2 amide bonds. The first-order chi connectivity index (χ1) is 13.7. The summed E-state index contributed by atoms with van der Waals surface area (Å²) < 4.78 is 19.4. The fraction of sp³-hybridized carbons (Fsp3) is 0.143. The summed E-state index contributed by atoms with van der Waals surface area (Å²) in [4.78, 5) is 18.1. The first-order valence-electron chi connectivity index (χ1n) is 8.78. The number of aromatic nitrogens is 1. The molecule has 2 N–H and O–H groups in total. The SMILES string of the molecule is O=C1Nc2ccccc2CN1c1cc(OCc2ncccc2F)ccc1CO. The van der Waals surface area contributed by atoms with E-state index in [9.17, 15) is 14.3 Å². The van der Waals surface area contributed by atoms with Crippen LogP contribution in [0.5, 0.6) is 5.75 Å². The molecule has 2 aromatic carbocycles. The predicted molar refractivity (Wildman–Crippen MR) is 103 cm³/mol. The minimum absolute atomic E-state index is 0.0420. The number of hydrogen-bond acceptors (Lipinski definition) is 4. The van der Waals surface area contributed by atoms with Crippen LogP contribution in [0.2, 0.25) is 0 Å². The normalized spacial score (nSPS) is 13.1. The predicted octanol–water partition coefficient (Wildman–Crippen LogP) is 3.84. The molecule has 1 aliphatic rings. The molecule has 4 rings (SSSR count). The zero-order valence-electron chi connectivity index (χ0n) is 14.9. The molecule has 0 spiro atoms. The number of fused-ring (bicyclic) bond motifs is 1. The van der Waals surface area contributed by atoms with Crippen molar-refractivity contribution in [3.63, 3.8) is 0 Å². The zero-order valence-corrected chi connectivity index (χ0v) is 14.9. The van der Waals surface area contributed by atoms with Crippen LogP contribution >= 0.6 is 0 Å². The molecule has 0 aliphatic carbocycles. The second-order valence-electron chi connectivity index (χ2n) is 6.34.